The Morgan fingerprint density at radius 3 is 1.71 bits per heavy atom. The van der Waals surface area contributed by atoms with E-state index in [1.807, 2.05) is 72.8 Å². The molecule has 0 bridgehead atoms. The summed E-state index contributed by atoms with van der Waals surface area (Å²) in [5.41, 5.74) is 16.7. The van der Waals surface area contributed by atoms with Gasteiger partial charge in [0, 0.05) is 35.3 Å². The zero-order chi connectivity index (χ0) is 29.6. The average molecular weight is 620 g/mol. The van der Waals surface area contributed by atoms with Gasteiger partial charge in [-0.2, -0.15) is 0 Å². The van der Waals surface area contributed by atoms with E-state index in [2.05, 4.69) is 50.5 Å². The topological polar surface area (TPSA) is 159 Å². The molecule has 0 atom stereocenters. The largest absolute Gasteiger partial charge is 0.569 e. The third-order valence-electron chi connectivity index (χ3n) is 5.45. The molecule has 4 heterocycles. The Morgan fingerprint density at radius 2 is 1.17 bits per heavy atom. The number of hydrogen-bond donors (Lipinski definition) is 3. The average Bonchev–Trinajstić information content (AvgIpc) is 3.05. The first kappa shape index (κ1) is 29.8. The van der Waals surface area contributed by atoms with Crippen LogP contribution in [0.15, 0.2) is 127 Å². The first-order valence-corrected chi connectivity index (χ1v) is 13.3. The molecule has 0 aliphatic heterocycles. The fraction of sp³-hybridized carbons (Fsp3) is 0. The summed E-state index contributed by atoms with van der Waals surface area (Å²) in [5.74, 6) is 1.40. The highest BCUT2D eigenvalue weighted by Crippen LogP contribution is 2.25. The molecule has 0 saturated carbocycles. The molecule has 207 valence electrons. The van der Waals surface area contributed by atoms with Gasteiger partial charge in [-0.15, -0.1) is 0 Å². The Morgan fingerprint density at radius 1 is 0.619 bits per heavy atom. The number of pyridine rings is 2. The molecule has 0 unspecified atom stereocenters. The van der Waals surface area contributed by atoms with Crippen molar-refractivity contribution in [2.75, 3.05) is 11.5 Å². The highest BCUT2D eigenvalue weighted by atomic mass is 79.9. The van der Waals surface area contributed by atoms with Gasteiger partial charge in [-0.25, -0.2) is 19.9 Å². The van der Waals surface area contributed by atoms with Gasteiger partial charge >= 0.3 is 7.69 Å². The van der Waals surface area contributed by atoms with Crippen molar-refractivity contribution in [1.29, 1.82) is 0 Å². The summed E-state index contributed by atoms with van der Waals surface area (Å²) in [4.78, 5) is 24.9. The molecule has 5 N–H and O–H groups in total. The highest BCUT2D eigenvalue weighted by Gasteiger charge is 2.08. The van der Waals surface area contributed by atoms with Crippen molar-refractivity contribution in [3.05, 3.63) is 127 Å². The van der Waals surface area contributed by atoms with Crippen LogP contribution in [0.3, 0.4) is 0 Å². The second-order valence-electron chi connectivity index (χ2n) is 8.30. The standard InChI is InChI=1S/C15H12N4.C10H8BrN3.C5H5BNO2/c16-15-14(11-5-2-1-3-6-11)19-13(10-18-15)12-7-4-8-17-9-12;11-8-6-13-10(12)9(14-8)7-4-2-1-3-5-7;8-6-9-5-2-1-3-7-4-5/h1-10H,(H2,16,18);1-6H,(H2,12,13);1-4,8H. The highest BCUT2D eigenvalue weighted by molar-refractivity contribution is 9.10. The van der Waals surface area contributed by atoms with Crippen molar-refractivity contribution in [3.63, 3.8) is 0 Å². The molecule has 10 nitrogen and oxygen atoms in total. The Hall–Kier alpha value is -5.20. The lowest BCUT2D eigenvalue weighted by Gasteiger charge is -2.06. The Bertz CT molecular complexity index is 1670. The quantitative estimate of drug-likeness (QED) is 0.217. The van der Waals surface area contributed by atoms with Crippen molar-refractivity contribution in [3.8, 4) is 39.5 Å². The third-order valence-corrected chi connectivity index (χ3v) is 5.83. The minimum Gasteiger partial charge on any atom is -0.536 e. The molecule has 0 fully saturated rings. The lowest BCUT2D eigenvalue weighted by molar-refractivity contribution is 0.452. The second kappa shape index (κ2) is 15.6. The van der Waals surface area contributed by atoms with Gasteiger partial charge in [0.25, 0.3) is 0 Å². The lowest BCUT2D eigenvalue weighted by Crippen LogP contribution is -1.99. The van der Waals surface area contributed by atoms with E-state index < -0.39 is 0 Å². The van der Waals surface area contributed by atoms with E-state index in [-0.39, 0.29) is 0 Å². The van der Waals surface area contributed by atoms with Crippen LogP contribution in [0.2, 0.25) is 0 Å². The number of hydrogen-bond acceptors (Lipinski definition) is 10. The van der Waals surface area contributed by atoms with E-state index in [4.69, 9.17) is 16.5 Å². The van der Waals surface area contributed by atoms with Crippen LogP contribution in [0.5, 0.6) is 5.75 Å². The number of rotatable bonds is 5. The molecule has 12 heteroatoms. The molecule has 4 aromatic heterocycles. The normalized spacial score (nSPS) is 9.86. The van der Waals surface area contributed by atoms with Crippen LogP contribution in [-0.2, 0) is 0 Å². The predicted octanol–water partition coefficient (Wildman–Crippen LogP) is 5.26. The summed E-state index contributed by atoms with van der Waals surface area (Å²) in [6.07, 6.45) is 9.87. The van der Waals surface area contributed by atoms with Gasteiger partial charge in [-0.1, -0.05) is 60.7 Å². The van der Waals surface area contributed by atoms with E-state index in [1.165, 1.54) is 6.20 Å². The molecular weight excluding hydrogens is 595 g/mol. The zero-order valence-corrected chi connectivity index (χ0v) is 23.8. The van der Waals surface area contributed by atoms with Gasteiger partial charge in [0.15, 0.2) is 0 Å². The molecule has 42 heavy (non-hydrogen) atoms. The fourth-order valence-corrected chi connectivity index (χ4v) is 3.80. The summed E-state index contributed by atoms with van der Waals surface area (Å²) in [6.45, 7) is 0. The van der Waals surface area contributed by atoms with Crippen LogP contribution in [0.25, 0.3) is 33.8 Å². The van der Waals surface area contributed by atoms with E-state index in [1.54, 1.807) is 43.1 Å². The first-order chi connectivity index (χ1) is 20.5. The maximum atomic E-state index is 8.14. The minimum atomic E-state index is 0.429. The molecule has 6 rings (SSSR count). The monoisotopic (exact) mass is 619 g/mol. The maximum Gasteiger partial charge on any atom is 0.569 e. The molecule has 0 amide bonds. The SMILES string of the molecule is Nc1ncc(-c2cccnc2)nc1-c1ccccc1.Nc1ncc(Br)nc1-c1ccccc1.O[B]Oc1cccnc1. The van der Waals surface area contributed by atoms with Gasteiger partial charge in [0.2, 0.25) is 0 Å². The molecule has 1 radical (unpaired) electrons. The minimum absolute atomic E-state index is 0.429. The number of benzene rings is 2. The Kier molecular flexibility index (Phi) is 11.0. The van der Waals surface area contributed by atoms with Crippen molar-refractivity contribution in [1.82, 2.24) is 29.9 Å². The summed E-state index contributed by atoms with van der Waals surface area (Å²) in [5, 5.41) is 8.14. The van der Waals surface area contributed by atoms with Gasteiger partial charge < -0.3 is 21.1 Å². The van der Waals surface area contributed by atoms with Gasteiger partial charge in [0.05, 0.1) is 24.3 Å². The van der Waals surface area contributed by atoms with E-state index in [9.17, 15) is 0 Å². The van der Waals surface area contributed by atoms with Crippen LogP contribution in [0.1, 0.15) is 0 Å². The molecule has 0 aliphatic carbocycles. The number of nitrogens with two attached hydrogens (primary N) is 2. The summed E-state index contributed by atoms with van der Waals surface area (Å²) in [6, 6.07) is 26.8. The lowest BCUT2D eigenvalue weighted by atomic mass is 10.1. The van der Waals surface area contributed by atoms with Crippen LogP contribution in [-0.4, -0.2) is 42.6 Å². The Balaban J connectivity index is 0.000000155. The maximum absolute atomic E-state index is 8.14. The van der Waals surface area contributed by atoms with Crippen LogP contribution < -0.4 is 16.1 Å². The molecule has 6 aromatic rings. The zero-order valence-electron chi connectivity index (χ0n) is 22.2. The van der Waals surface area contributed by atoms with Crippen LogP contribution >= 0.6 is 15.9 Å². The third kappa shape index (κ3) is 8.65. The molecular formula is C30H25BBrN8O2. The molecule has 0 spiro atoms. The summed E-state index contributed by atoms with van der Waals surface area (Å²) < 4.78 is 5.26. The predicted molar refractivity (Wildman–Crippen MR) is 168 cm³/mol. The molecule has 0 aliphatic rings. The number of nitrogen functional groups attached to an aromatic ring is 2. The van der Waals surface area contributed by atoms with Crippen molar-refractivity contribution >= 4 is 35.3 Å². The van der Waals surface area contributed by atoms with Crippen LogP contribution in [0.4, 0.5) is 11.6 Å². The van der Waals surface area contributed by atoms with Gasteiger partial charge in [-0.3, -0.25) is 9.97 Å². The van der Waals surface area contributed by atoms with Crippen molar-refractivity contribution < 1.29 is 9.68 Å². The number of anilines is 2. The second-order valence-corrected chi connectivity index (χ2v) is 9.11. The molecule has 2 aromatic carbocycles. The summed E-state index contributed by atoms with van der Waals surface area (Å²) >= 11 is 3.26. The Labute approximate surface area is 252 Å². The number of nitrogens with zero attached hydrogens (tertiary/aromatic N) is 6. The van der Waals surface area contributed by atoms with E-state index >= 15 is 0 Å². The van der Waals surface area contributed by atoms with Crippen LogP contribution in [0, 0.1) is 0 Å². The van der Waals surface area contributed by atoms with Gasteiger partial charge in [-0.05, 0) is 40.2 Å². The van der Waals surface area contributed by atoms with Crippen molar-refractivity contribution in [2.24, 2.45) is 0 Å². The first-order valence-electron chi connectivity index (χ1n) is 12.5. The summed E-state index contributed by atoms with van der Waals surface area (Å²) in [7, 11) is 0.622. The molecule has 0 saturated heterocycles. The number of aromatic nitrogens is 6. The van der Waals surface area contributed by atoms with E-state index in [0.29, 0.717) is 41.1 Å². The fourth-order valence-electron chi connectivity index (χ4n) is 3.52. The van der Waals surface area contributed by atoms with E-state index in [0.717, 1.165) is 22.4 Å². The smallest absolute Gasteiger partial charge is 0.536 e. The number of halogens is 1. The van der Waals surface area contributed by atoms with Crippen molar-refractivity contribution in [2.45, 2.75) is 0 Å². The van der Waals surface area contributed by atoms with Gasteiger partial charge in [0.1, 0.15) is 33.4 Å².